The SMILES string of the molecule is O=S(=O)(c1cccc(Cl)c1F)N1CCN(C[C@H](OCc2c(F)cccc2F)c2ccc(Cl)cc2)CC1. The van der Waals surface area contributed by atoms with Crippen LogP contribution in [0.4, 0.5) is 13.2 Å². The Morgan fingerprint density at radius 1 is 0.861 bits per heavy atom. The smallest absolute Gasteiger partial charge is 0.246 e. The maximum atomic E-state index is 14.4. The monoisotopic (exact) mass is 558 g/mol. The lowest BCUT2D eigenvalue weighted by Gasteiger charge is -2.36. The molecule has 0 aromatic heterocycles. The van der Waals surface area contributed by atoms with Gasteiger partial charge in [0.05, 0.1) is 17.7 Å². The molecule has 5 nitrogen and oxygen atoms in total. The number of ether oxygens (including phenoxy) is 1. The molecule has 11 heteroatoms. The molecular formula is C25H23Cl2F3N2O3S. The number of sulfonamides is 1. The Kier molecular flexibility index (Phi) is 8.59. The second kappa shape index (κ2) is 11.5. The topological polar surface area (TPSA) is 49.9 Å². The molecule has 0 amide bonds. The molecule has 1 saturated heterocycles. The molecule has 36 heavy (non-hydrogen) atoms. The quantitative estimate of drug-likeness (QED) is 0.357. The van der Waals surface area contributed by atoms with E-state index in [1.165, 1.54) is 40.7 Å². The van der Waals surface area contributed by atoms with Gasteiger partial charge in [0, 0.05) is 43.3 Å². The number of piperazine rings is 1. The summed E-state index contributed by atoms with van der Waals surface area (Å²) in [6, 6.07) is 14.4. The predicted molar refractivity (Wildman–Crippen MR) is 132 cm³/mol. The van der Waals surface area contributed by atoms with Crippen LogP contribution in [0.1, 0.15) is 17.2 Å². The molecule has 3 aromatic carbocycles. The Labute approximate surface area is 218 Å². The number of benzene rings is 3. The van der Waals surface area contributed by atoms with Crippen LogP contribution in [0.2, 0.25) is 10.0 Å². The molecule has 1 fully saturated rings. The zero-order valence-corrected chi connectivity index (χ0v) is 21.3. The molecule has 1 aliphatic rings. The lowest BCUT2D eigenvalue weighted by molar-refractivity contribution is 0.00546. The van der Waals surface area contributed by atoms with Crippen molar-refractivity contribution < 1.29 is 26.3 Å². The summed E-state index contributed by atoms with van der Waals surface area (Å²) in [5.74, 6) is -2.37. The van der Waals surface area contributed by atoms with Gasteiger partial charge in [0.25, 0.3) is 0 Å². The van der Waals surface area contributed by atoms with Crippen molar-refractivity contribution in [3.8, 4) is 0 Å². The van der Waals surface area contributed by atoms with Gasteiger partial charge in [-0.25, -0.2) is 21.6 Å². The van der Waals surface area contributed by atoms with Crippen molar-refractivity contribution in [2.45, 2.75) is 17.6 Å². The number of hydrogen-bond donors (Lipinski definition) is 0. The fourth-order valence-corrected chi connectivity index (χ4v) is 5.86. The van der Waals surface area contributed by atoms with Crippen LogP contribution in [0.15, 0.2) is 65.6 Å². The molecule has 4 rings (SSSR count). The fraction of sp³-hybridized carbons (Fsp3) is 0.280. The molecule has 0 spiro atoms. The molecule has 1 aliphatic heterocycles. The van der Waals surface area contributed by atoms with Gasteiger partial charge in [-0.2, -0.15) is 4.31 Å². The van der Waals surface area contributed by atoms with E-state index < -0.39 is 38.5 Å². The average Bonchev–Trinajstić information content (AvgIpc) is 2.85. The molecular weight excluding hydrogens is 536 g/mol. The third-order valence-electron chi connectivity index (χ3n) is 6.02. The summed E-state index contributed by atoms with van der Waals surface area (Å²) in [7, 11) is -4.06. The first-order valence-electron chi connectivity index (χ1n) is 11.1. The van der Waals surface area contributed by atoms with E-state index in [-0.39, 0.29) is 30.3 Å². The maximum absolute atomic E-state index is 14.4. The third-order valence-corrected chi connectivity index (χ3v) is 8.48. The molecule has 0 aliphatic carbocycles. The summed E-state index contributed by atoms with van der Waals surface area (Å²) >= 11 is 11.8. The van der Waals surface area contributed by atoms with Gasteiger partial charge in [-0.3, -0.25) is 4.90 Å². The Balaban J connectivity index is 1.46. The van der Waals surface area contributed by atoms with Crippen LogP contribution in [-0.4, -0.2) is 50.3 Å². The maximum Gasteiger partial charge on any atom is 0.246 e. The minimum absolute atomic E-state index is 0.129. The lowest BCUT2D eigenvalue weighted by Crippen LogP contribution is -2.49. The van der Waals surface area contributed by atoms with Crippen molar-refractivity contribution in [2.24, 2.45) is 0 Å². The zero-order valence-electron chi connectivity index (χ0n) is 19.0. The molecule has 3 aromatic rings. The van der Waals surface area contributed by atoms with Crippen molar-refractivity contribution in [3.63, 3.8) is 0 Å². The molecule has 192 valence electrons. The molecule has 0 bridgehead atoms. The van der Waals surface area contributed by atoms with E-state index in [9.17, 15) is 21.6 Å². The summed E-state index contributed by atoms with van der Waals surface area (Å²) in [6.45, 7) is 1.02. The summed E-state index contributed by atoms with van der Waals surface area (Å²) in [4.78, 5) is 1.52. The van der Waals surface area contributed by atoms with Crippen molar-refractivity contribution in [2.75, 3.05) is 32.7 Å². The van der Waals surface area contributed by atoms with Crippen molar-refractivity contribution in [3.05, 3.63) is 99.3 Å². The van der Waals surface area contributed by atoms with Crippen LogP contribution < -0.4 is 0 Å². The van der Waals surface area contributed by atoms with Gasteiger partial charge in [0.1, 0.15) is 16.5 Å². The van der Waals surface area contributed by atoms with Crippen molar-refractivity contribution in [1.82, 2.24) is 9.21 Å². The van der Waals surface area contributed by atoms with Crippen molar-refractivity contribution in [1.29, 1.82) is 0 Å². The highest BCUT2D eigenvalue weighted by molar-refractivity contribution is 7.89. The van der Waals surface area contributed by atoms with Crippen LogP contribution in [0.3, 0.4) is 0 Å². The van der Waals surface area contributed by atoms with E-state index in [0.29, 0.717) is 24.7 Å². The van der Waals surface area contributed by atoms with E-state index in [1.807, 2.05) is 4.90 Å². The van der Waals surface area contributed by atoms with Gasteiger partial charge >= 0.3 is 0 Å². The molecule has 1 atom stereocenters. The van der Waals surface area contributed by atoms with Crippen LogP contribution in [-0.2, 0) is 21.4 Å². The van der Waals surface area contributed by atoms with Crippen molar-refractivity contribution >= 4 is 33.2 Å². The van der Waals surface area contributed by atoms with Crippen LogP contribution >= 0.6 is 23.2 Å². The zero-order chi connectivity index (χ0) is 25.9. The standard InChI is InChI=1S/C25H23Cl2F3N2O3S/c26-18-9-7-17(8-10-18)23(35-16-19-21(28)4-2-5-22(19)29)15-31-11-13-32(14-12-31)36(33,34)24-6-1-3-20(27)25(24)30/h1-10,23H,11-16H2/t23-/m0/s1. The van der Waals surface area contributed by atoms with Crippen LogP contribution in [0.25, 0.3) is 0 Å². The van der Waals surface area contributed by atoms with Crippen LogP contribution in [0, 0.1) is 17.5 Å². The molecule has 0 radical (unpaired) electrons. The summed E-state index contributed by atoms with van der Waals surface area (Å²) in [5.41, 5.74) is 0.586. The Hall–Kier alpha value is -2.14. The minimum Gasteiger partial charge on any atom is -0.367 e. The second-order valence-corrected chi connectivity index (χ2v) is 11.1. The number of rotatable bonds is 8. The first-order valence-corrected chi connectivity index (χ1v) is 13.3. The van der Waals surface area contributed by atoms with E-state index in [4.69, 9.17) is 27.9 Å². The van der Waals surface area contributed by atoms with E-state index in [1.54, 1.807) is 24.3 Å². The van der Waals surface area contributed by atoms with Gasteiger partial charge in [0.15, 0.2) is 5.82 Å². The summed E-state index contributed by atoms with van der Waals surface area (Å²) < 4.78 is 75.7. The Bertz CT molecular complexity index is 1300. The van der Waals surface area contributed by atoms with Gasteiger partial charge < -0.3 is 4.74 Å². The van der Waals surface area contributed by atoms with Gasteiger partial charge in [0.2, 0.25) is 10.0 Å². The fourth-order valence-electron chi connectivity index (χ4n) is 4.00. The van der Waals surface area contributed by atoms with Gasteiger partial charge in [-0.1, -0.05) is 47.5 Å². The van der Waals surface area contributed by atoms with E-state index in [2.05, 4.69) is 0 Å². The minimum atomic E-state index is -4.06. The number of nitrogens with zero attached hydrogens (tertiary/aromatic N) is 2. The number of hydrogen-bond acceptors (Lipinski definition) is 4. The normalized spacial score (nSPS) is 16.2. The highest BCUT2D eigenvalue weighted by atomic mass is 35.5. The van der Waals surface area contributed by atoms with E-state index in [0.717, 1.165) is 5.56 Å². The summed E-state index contributed by atoms with van der Waals surface area (Å²) in [5, 5.41) is 0.272. The molecule has 0 N–H and O–H groups in total. The highest BCUT2D eigenvalue weighted by Gasteiger charge is 2.32. The first kappa shape index (κ1) is 26.9. The predicted octanol–water partition coefficient (Wildman–Crippen LogP) is 5.68. The first-order chi connectivity index (χ1) is 17.2. The average molecular weight is 559 g/mol. The van der Waals surface area contributed by atoms with E-state index >= 15 is 0 Å². The molecule has 0 saturated carbocycles. The second-order valence-electron chi connectivity index (χ2n) is 8.31. The Morgan fingerprint density at radius 2 is 1.47 bits per heavy atom. The van der Waals surface area contributed by atoms with Gasteiger partial charge in [-0.05, 0) is 42.0 Å². The summed E-state index contributed by atoms with van der Waals surface area (Å²) in [6.07, 6.45) is -0.560. The Morgan fingerprint density at radius 3 is 2.11 bits per heavy atom. The molecule has 1 heterocycles. The van der Waals surface area contributed by atoms with Gasteiger partial charge in [-0.15, -0.1) is 0 Å². The number of halogens is 5. The highest BCUT2D eigenvalue weighted by Crippen LogP contribution is 2.27. The molecule has 0 unspecified atom stereocenters. The van der Waals surface area contributed by atoms with Crippen LogP contribution in [0.5, 0.6) is 0 Å². The lowest BCUT2D eigenvalue weighted by atomic mass is 10.1. The third kappa shape index (κ3) is 6.04. The largest absolute Gasteiger partial charge is 0.367 e.